The molecule has 1 atom stereocenters. The first-order valence-electron chi connectivity index (χ1n) is 8.94. The van der Waals surface area contributed by atoms with Gasteiger partial charge in [0.15, 0.2) is 5.13 Å². The summed E-state index contributed by atoms with van der Waals surface area (Å²) in [4.78, 5) is 21.4. The Kier molecular flexibility index (Phi) is 4.76. The maximum absolute atomic E-state index is 12.5. The molecule has 0 saturated carbocycles. The summed E-state index contributed by atoms with van der Waals surface area (Å²) in [5.41, 5.74) is 0.933. The number of aromatic nitrogens is 1. The molecule has 2 fully saturated rings. The van der Waals surface area contributed by atoms with Crippen LogP contribution >= 0.6 is 11.3 Å². The lowest BCUT2D eigenvalue weighted by Crippen LogP contribution is -2.51. The first kappa shape index (κ1) is 16.6. The van der Waals surface area contributed by atoms with E-state index in [0.717, 1.165) is 60.1 Å². The number of hydrogen-bond donors (Lipinski definition) is 0. The van der Waals surface area contributed by atoms with Gasteiger partial charge in [0.2, 0.25) is 0 Å². The molecule has 6 nitrogen and oxygen atoms in total. The first-order valence-corrected chi connectivity index (χ1v) is 9.75. The fourth-order valence-electron chi connectivity index (χ4n) is 3.41. The summed E-state index contributed by atoms with van der Waals surface area (Å²) < 4.78 is 12.3. The Bertz CT molecular complexity index is 749. The van der Waals surface area contributed by atoms with Crippen molar-refractivity contribution in [3.05, 3.63) is 18.2 Å². The molecule has 3 heterocycles. The number of ether oxygens (including phenoxy) is 2. The van der Waals surface area contributed by atoms with Crippen molar-refractivity contribution in [2.24, 2.45) is 0 Å². The van der Waals surface area contributed by atoms with Gasteiger partial charge in [-0.05, 0) is 31.9 Å². The van der Waals surface area contributed by atoms with Crippen LogP contribution in [0.2, 0.25) is 0 Å². The second-order valence-corrected chi connectivity index (χ2v) is 7.36. The first-order chi connectivity index (χ1) is 12.3. The summed E-state index contributed by atoms with van der Waals surface area (Å²) >= 11 is 1.69. The van der Waals surface area contributed by atoms with Crippen LogP contribution in [0.5, 0.6) is 5.75 Å². The Balaban J connectivity index is 1.44. The fourth-order valence-corrected chi connectivity index (χ4v) is 4.45. The average Bonchev–Trinajstić information content (AvgIpc) is 3.32. The third kappa shape index (κ3) is 3.30. The SMILES string of the molecule is CCOc1cccc2sc(N3CCN(C(=O)C4CCCO4)CC3)nc12. The van der Waals surface area contributed by atoms with E-state index in [0.29, 0.717) is 13.2 Å². The minimum Gasteiger partial charge on any atom is -0.492 e. The van der Waals surface area contributed by atoms with Crippen molar-refractivity contribution < 1.29 is 14.3 Å². The molecule has 1 amide bonds. The predicted molar refractivity (Wildman–Crippen MR) is 98.6 cm³/mol. The van der Waals surface area contributed by atoms with Crippen molar-refractivity contribution in [2.45, 2.75) is 25.9 Å². The van der Waals surface area contributed by atoms with Gasteiger partial charge in [0.25, 0.3) is 5.91 Å². The molecular weight excluding hydrogens is 338 g/mol. The van der Waals surface area contributed by atoms with E-state index in [2.05, 4.69) is 11.0 Å². The van der Waals surface area contributed by atoms with Gasteiger partial charge < -0.3 is 19.3 Å². The van der Waals surface area contributed by atoms with Crippen LogP contribution in [0, 0.1) is 0 Å². The fraction of sp³-hybridized carbons (Fsp3) is 0.556. The summed E-state index contributed by atoms with van der Waals surface area (Å²) in [5, 5.41) is 1.01. The van der Waals surface area contributed by atoms with E-state index in [9.17, 15) is 4.79 Å². The predicted octanol–water partition coefficient (Wildman–Crippen LogP) is 2.52. The van der Waals surface area contributed by atoms with Crippen molar-refractivity contribution in [3.8, 4) is 5.75 Å². The molecule has 0 spiro atoms. The molecule has 2 aliphatic rings. The van der Waals surface area contributed by atoms with E-state index in [1.807, 2.05) is 24.0 Å². The van der Waals surface area contributed by atoms with Crippen LogP contribution in [0.3, 0.4) is 0 Å². The minimum atomic E-state index is -0.220. The summed E-state index contributed by atoms with van der Waals surface area (Å²) in [5.74, 6) is 0.995. The summed E-state index contributed by atoms with van der Waals surface area (Å²) in [6.45, 7) is 6.40. The number of piperazine rings is 1. The molecular formula is C18H23N3O3S. The molecule has 2 aliphatic heterocycles. The number of anilines is 1. The highest BCUT2D eigenvalue weighted by atomic mass is 32.1. The summed E-state index contributed by atoms with van der Waals surface area (Å²) in [6.07, 6.45) is 1.63. The van der Waals surface area contributed by atoms with Crippen LogP contribution in [0.4, 0.5) is 5.13 Å². The molecule has 7 heteroatoms. The van der Waals surface area contributed by atoms with Gasteiger partial charge in [0.1, 0.15) is 17.4 Å². The van der Waals surface area contributed by atoms with Crippen molar-refractivity contribution in [2.75, 3.05) is 44.3 Å². The topological polar surface area (TPSA) is 54.9 Å². The zero-order valence-corrected chi connectivity index (χ0v) is 15.3. The molecule has 2 aromatic rings. The highest BCUT2D eigenvalue weighted by Gasteiger charge is 2.31. The largest absolute Gasteiger partial charge is 0.492 e. The number of thiazole rings is 1. The molecule has 4 rings (SSSR count). The van der Waals surface area contributed by atoms with Crippen molar-refractivity contribution in [3.63, 3.8) is 0 Å². The Morgan fingerprint density at radius 1 is 1.36 bits per heavy atom. The van der Waals surface area contributed by atoms with E-state index in [-0.39, 0.29) is 12.0 Å². The van der Waals surface area contributed by atoms with E-state index in [1.54, 1.807) is 11.3 Å². The standard InChI is InChI=1S/C18H23N3O3S/c1-2-23-13-5-3-7-15-16(13)19-18(25-15)21-10-8-20(9-11-21)17(22)14-6-4-12-24-14/h3,5,7,14H,2,4,6,8-12H2,1H3. The molecule has 0 aliphatic carbocycles. The van der Waals surface area contributed by atoms with Crippen LogP contribution in [0.15, 0.2) is 18.2 Å². The van der Waals surface area contributed by atoms with E-state index >= 15 is 0 Å². The lowest BCUT2D eigenvalue weighted by Gasteiger charge is -2.35. The number of carbonyl (C=O) groups excluding carboxylic acids is 1. The number of amides is 1. The number of fused-ring (bicyclic) bond motifs is 1. The highest BCUT2D eigenvalue weighted by molar-refractivity contribution is 7.22. The number of rotatable bonds is 4. The highest BCUT2D eigenvalue weighted by Crippen LogP contribution is 2.34. The molecule has 0 N–H and O–H groups in total. The van der Waals surface area contributed by atoms with E-state index in [1.165, 1.54) is 0 Å². The van der Waals surface area contributed by atoms with Crippen LogP contribution in [-0.2, 0) is 9.53 Å². The molecule has 0 bridgehead atoms. The minimum absolute atomic E-state index is 0.153. The number of hydrogen-bond acceptors (Lipinski definition) is 6. The zero-order chi connectivity index (χ0) is 17.2. The molecule has 1 aromatic carbocycles. The molecule has 134 valence electrons. The van der Waals surface area contributed by atoms with Crippen molar-refractivity contribution >= 4 is 32.6 Å². The van der Waals surface area contributed by atoms with E-state index in [4.69, 9.17) is 14.5 Å². The number of carbonyl (C=O) groups is 1. The smallest absolute Gasteiger partial charge is 0.251 e. The lowest BCUT2D eigenvalue weighted by atomic mass is 10.2. The summed E-state index contributed by atoms with van der Waals surface area (Å²) in [7, 11) is 0. The van der Waals surface area contributed by atoms with E-state index < -0.39 is 0 Å². The molecule has 2 saturated heterocycles. The number of para-hydroxylation sites is 1. The number of nitrogens with zero attached hydrogens (tertiary/aromatic N) is 3. The maximum atomic E-state index is 12.5. The maximum Gasteiger partial charge on any atom is 0.251 e. The van der Waals surface area contributed by atoms with Crippen LogP contribution in [0.1, 0.15) is 19.8 Å². The average molecular weight is 361 g/mol. The Hall–Kier alpha value is -1.86. The Labute approximate surface area is 151 Å². The monoisotopic (exact) mass is 361 g/mol. The van der Waals surface area contributed by atoms with Gasteiger partial charge in [-0.15, -0.1) is 0 Å². The molecule has 25 heavy (non-hydrogen) atoms. The second kappa shape index (κ2) is 7.17. The van der Waals surface area contributed by atoms with Crippen molar-refractivity contribution in [1.29, 1.82) is 0 Å². The molecule has 1 aromatic heterocycles. The Morgan fingerprint density at radius 3 is 2.92 bits per heavy atom. The molecule has 0 radical (unpaired) electrons. The number of benzene rings is 1. The van der Waals surface area contributed by atoms with Gasteiger partial charge in [-0.1, -0.05) is 17.4 Å². The Morgan fingerprint density at radius 2 is 2.20 bits per heavy atom. The normalized spacial score (nSPS) is 21.1. The molecule has 1 unspecified atom stereocenters. The van der Waals surface area contributed by atoms with Gasteiger partial charge >= 0.3 is 0 Å². The van der Waals surface area contributed by atoms with Crippen LogP contribution in [0.25, 0.3) is 10.2 Å². The third-order valence-corrected chi connectivity index (χ3v) is 5.82. The quantitative estimate of drug-likeness (QED) is 0.838. The van der Waals surface area contributed by atoms with Crippen LogP contribution in [-0.4, -0.2) is 61.3 Å². The van der Waals surface area contributed by atoms with Gasteiger partial charge in [0, 0.05) is 32.8 Å². The van der Waals surface area contributed by atoms with Crippen LogP contribution < -0.4 is 9.64 Å². The lowest BCUT2D eigenvalue weighted by molar-refractivity contribution is -0.141. The van der Waals surface area contributed by atoms with Gasteiger partial charge in [0.05, 0.1) is 11.3 Å². The van der Waals surface area contributed by atoms with Gasteiger partial charge in [-0.3, -0.25) is 4.79 Å². The van der Waals surface area contributed by atoms with Crippen molar-refractivity contribution in [1.82, 2.24) is 9.88 Å². The second-order valence-electron chi connectivity index (χ2n) is 6.35. The summed E-state index contributed by atoms with van der Waals surface area (Å²) in [6, 6.07) is 6.05. The van der Waals surface area contributed by atoms with Gasteiger partial charge in [-0.2, -0.15) is 0 Å². The zero-order valence-electron chi connectivity index (χ0n) is 14.4. The van der Waals surface area contributed by atoms with Gasteiger partial charge in [-0.25, -0.2) is 4.98 Å². The third-order valence-electron chi connectivity index (χ3n) is 4.74.